The summed E-state index contributed by atoms with van der Waals surface area (Å²) in [4.78, 5) is 1.12. The van der Waals surface area contributed by atoms with Crippen LogP contribution in [-0.4, -0.2) is 6.26 Å². The Balaban J connectivity index is 2.34. The van der Waals surface area contributed by atoms with E-state index in [-0.39, 0.29) is 6.04 Å². The van der Waals surface area contributed by atoms with E-state index < -0.39 is 0 Å². The topological polar surface area (TPSA) is 35.2 Å². The number of rotatable bonds is 4. The summed E-state index contributed by atoms with van der Waals surface area (Å²) in [7, 11) is 0. The number of hydrogen-bond donors (Lipinski definition) is 1. The van der Waals surface area contributed by atoms with E-state index in [0.29, 0.717) is 0 Å². The van der Waals surface area contributed by atoms with Crippen molar-refractivity contribution < 1.29 is 4.74 Å². The zero-order valence-electron chi connectivity index (χ0n) is 10.6. The molecule has 2 nitrogen and oxygen atoms in total. The van der Waals surface area contributed by atoms with Crippen LogP contribution in [0.2, 0.25) is 0 Å². The molecular weight excluding hydrogens is 242 g/mol. The van der Waals surface area contributed by atoms with Crippen molar-refractivity contribution in [2.24, 2.45) is 5.73 Å². The Kier molecular flexibility index (Phi) is 4.28. The lowest BCUT2D eigenvalue weighted by atomic mass is 10.1. The SMILES string of the molecule is CSc1ccccc1Oc1ccccc1C(C)N. The van der Waals surface area contributed by atoms with Crippen molar-refractivity contribution in [1.29, 1.82) is 0 Å². The number of benzene rings is 2. The van der Waals surface area contributed by atoms with Gasteiger partial charge in [0.15, 0.2) is 0 Å². The van der Waals surface area contributed by atoms with Crippen LogP contribution in [-0.2, 0) is 0 Å². The fourth-order valence-electron chi connectivity index (χ4n) is 1.77. The molecule has 2 N–H and O–H groups in total. The second kappa shape index (κ2) is 5.94. The van der Waals surface area contributed by atoms with E-state index in [0.717, 1.165) is 22.0 Å². The number of hydrogen-bond acceptors (Lipinski definition) is 3. The van der Waals surface area contributed by atoms with E-state index in [2.05, 4.69) is 6.07 Å². The molecule has 0 radical (unpaired) electrons. The first-order valence-corrected chi connectivity index (χ1v) is 7.10. The maximum absolute atomic E-state index is 5.99. The van der Waals surface area contributed by atoms with Crippen molar-refractivity contribution >= 4 is 11.8 Å². The van der Waals surface area contributed by atoms with E-state index in [9.17, 15) is 0 Å². The monoisotopic (exact) mass is 259 g/mol. The molecule has 0 heterocycles. The first-order chi connectivity index (χ1) is 8.72. The Morgan fingerprint density at radius 3 is 2.28 bits per heavy atom. The van der Waals surface area contributed by atoms with E-state index in [4.69, 9.17) is 10.5 Å². The van der Waals surface area contributed by atoms with Crippen LogP contribution in [0.15, 0.2) is 53.4 Å². The third kappa shape index (κ3) is 2.86. The largest absolute Gasteiger partial charge is 0.456 e. The van der Waals surface area contributed by atoms with Crippen molar-refractivity contribution in [2.75, 3.05) is 6.26 Å². The van der Waals surface area contributed by atoms with Crippen LogP contribution in [0.5, 0.6) is 11.5 Å². The molecule has 0 amide bonds. The van der Waals surface area contributed by atoms with Crippen LogP contribution in [0.4, 0.5) is 0 Å². The molecule has 0 aromatic heterocycles. The lowest BCUT2D eigenvalue weighted by molar-refractivity contribution is 0.461. The molecule has 0 aliphatic heterocycles. The van der Waals surface area contributed by atoms with Crippen molar-refractivity contribution in [3.63, 3.8) is 0 Å². The van der Waals surface area contributed by atoms with E-state index in [1.54, 1.807) is 11.8 Å². The normalized spacial score (nSPS) is 12.2. The third-order valence-corrected chi connectivity index (χ3v) is 3.48. The van der Waals surface area contributed by atoms with E-state index >= 15 is 0 Å². The second-order valence-electron chi connectivity index (χ2n) is 4.08. The fourth-order valence-corrected chi connectivity index (χ4v) is 2.30. The van der Waals surface area contributed by atoms with Gasteiger partial charge in [-0.15, -0.1) is 11.8 Å². The predicted octanol–water partition coefficient (Wildman–Crippen LogP) is 4.22. The van der Waals surface area contributed by atoms with Gasteiger partial charge in [0.2, 0.25) is 0 Å². The van der Waals surface area contributed by atoms with Gasteiger partial charge in [-0.1, -0.05) is 30.3 Å². The molecule has 94 valence electrons. The van der Waals surface area contributed by atoms with Crippen LogP contribution in [0.1, 0.15) is 18.5 Å². The smallest absolute Gasteiger partial charge is 0.140 e. The van der Waals surface area contributed by atoms with E-state index in [1.165, 1.54) is 0 Å². The van der Waals surface area contributed by atoms with E-state index in [1.807, 2.05) is 55.6 Å². The molecule has 2 aromatic carbocycles. The van der Waals surface area contributed by atoms with Crippen LogP contribution in [0.3, 0.4) is 0 Å². The standard InChI is InChI=1S/C15H17NOS/c1-11(16)12-7-3-4-8-13(12)17-14-9-5-6-10-15(14)18-2/h3-11H,16H2,1-2H3. The molecule has 3 heteroatoms. The quantitative estimate of drug-likeness (QED) is 0.835. The number of thioether (sulfide) groups is 1. The van der Waals surface area contributed by atoms with Crippen LogP contribution in [0, 0.1) is 0 Å². The Bertz CT molecular complexity index is 525. The maximum Gasteiger partial charge on any atom is 0.140 e. The summed E-state index contributed by atoms with van der Waals surface area (Å²) in [6.07, 6.45) is 2.04. The van der Waals surface area contributed by atoms with Crippen LogP contribution < -0.4 is 10.5 Å². The van der Waals surface area contributed by atoms with Crippen molar-refractivity contribution in [3.8, 4) is 11.5 Å². The molecule has 18 heavy (non-hydrogen) atoms. The summed E-state index contributed by atoms with van der Waals surface area (Å²) in [6.45, 7) is 1.96. The maximum atomic E-state index is 5.99. The average molecular weight is 259 g/mol. The Morgan fingerprint density at radius 1 is 1.00 bits per heavy atom. The zero-order chi connectivity index (χ0) is 13.0. The minimum Gasteiger partial charge on any atom is -0.456 e. The highest BCUT2D eigenvalue weighted by atomic mass is 32.2. The lowest BCUT2D eigenvalue weighted by Crippen LogP contribution is -2.06. The molecule has 0 saturated heterocycles. The summed E-state index contributed by atoms with van der Waals surface area (Å²) in [6, 6.07) is 15.9. The number of nitrogens with two attached hydrogens (primary N) is 1. The highest BCUT2D eigenvalue weighted by molar-refractivity contribution is 7.98. The molecule has 0 spiro atoms. The van der Waals surface area contributed by atoms with Gasteiger partial charge < -0.3 is 10.5 Å². The Morgan fingerprint density at radius 2 is 1.61 bits per heavy atom. The van der Waals surface area contributed by atoms with Gasteiger partial charge in [0, 0.05) is 16.5 Å². The second-order valence-corrected chi connectivity index (χ2v) is 4.93. The van der Waals surface area contributed by atoms with Crippen LogP contribution in [0.25, 0.3) is 0 Å². The number of ether oxygens (including phenoxy) is 1. The summed E-state index contributed by atoms with van der Waals surface area (Å²) >= 11 is 1.67. The van der Waals surface area contributed by atoms with Gasteiger partial charge in [0.25, 0.3) is 0 Å². The number of para-hydroxylation sites is 2. The highest BCUT2D eigenvalue weighted by Crippen LogP contribution is 2.34. The molecule has 2 rings (SSSR count). The minimum atomic E-state index is -0.0392. The van der Waals surface area contributed by atoms with Crippen molar-refractivity contribution in [2.45, 2.75) is 17.9 Å². The summed E-state index contributed by atoms with van der Waals surface area (Å²) in [5.41, 5.74) is 6.98. The van der Waals surface area contributed by atoms with Gasteiger partial charge in [-0.25, -0.2) is 0 Å². The summed E-state index contributed by atoms with van der Waals surface area (Å²) in [5.74, 6) is 1.70. The summed E-state index contributed by atoms with van der Waals surface area (Å²) < 4.78 is 5.99. The van der Waals surface area contributed by atoms with Crippen LogP contribution >= 0.6 is 11.8 Å². The molecule has 0 aliphatic carbocycles. The van der Waals surface area contributed by atoms with Gasteiger partial charge in [-0.05, 0) is 31.4 Å². The van der Waals surface area contributed by atoms with Gasteiger partial charge in [-0.3, -0.25) is 0 Å². The zero-order valence-corrected chi connectivity index (χ0v) is 11.4. The lowest BCUT2D eigenvalue weighted by Gasteiger charge is -2.15. The first kappa shape index (κ1) is 13.0. The van der Waals surface area contributed by atoms with Crippen molar-refractivity contribution in [1.82, 2.24) is 0 Å². The molecule has 0 fully saturated rings. The van der Waals surface area contributed by atoms with Gasteiger partial charge in [-0.2, -0.15) is 0 Å². The molecule has 2 aromatic rings. The Hall–Kier alpha value is -1.45. The minimum absolute atomic E-state index is 0.0392. The molecule has 0 bridgehead atoms. The predicted molar refractivity (Wildman–Crippen MR) is 77.3 cm³/mol. The molecule has 0 saturated carbocycles. The highest BCUT2D eigenvalue weighted by Gasteiger charge is 2.09. The molecule has 0 aliphatic rings. The van der Waals surface area contributed by atoms with Gasteiger partial charge in [0.1, 0.15) is 11.5 Å². The molecular formula is C15H17NOS. The summed E-state index contributed by atoms with van der Waals surface area (Å²) in [5, 5.41) is 0. The Labute approximate surface area is 112 Å². The van der Waals surface area contributed by atoms with Gasteiger partial charge in [0.05, 0.1) is 0 Å². The third-order valence-electron chi connectivity index (χ3n) is 2.70. The fraction of sp³-hybridized carbons (Fsp3) is 0.200. The molecule has 1 atom stereocenters. The average Bonchev–Trinajstić information content (AvgIpc) is 2.40. The van der Waals surface area contributed by atoms with Crippen molar-refractivity contribution in [3.05, 3.63) is 54.1 Å². The first-order valence-electron chi connectivity index (χ1n) is 5.87. The molecule has 1 unspecified atom stereocenters. The van der Waals surface area contributed by atoms with Gasteiger partial charge >= 0.3 is 0 Å².